The lowest BCUT2D eigenvalue weighted by atomic mass is 9.96. The highest BCUT2D eigenvalue weighted by molar-refractivity contribution is 5.65. The first-order valence-corrected chi connectivity index (χ1v) is 8.89. The minimum Gasteiger partial charge on any atom is -0.430 e. The zero-order valence-electron chi connectivity index (χ0n) is 15.2. The van der Waals surface area contributed by atoms with Gasteiger partial charge in [-0.25, -0.2) is 14.3 Å². The molecule has 154 valence electrons. The van der Waals surface area contributed by atoms with Gasteiger partial charge >= 0.3 is 6.16 Å². The van der Waals surface area contributed by atoms with Gasteiger partial charge in [0.05, 0.1) is 18.9 Å². The maximum Gasteiger partial charge on any atom is 0.508 e. The van der Waals surface area contributed by atoms with E-state index in [1.165, 1.54) is 10.8 Å². The molecule has 0 aromatic carbocycles. The van der Waals surface area contributed by atoms with Gasteiger partial charge in [-0.1, -0.05) is 0 Å². The van der Waals surface area contributed by atoms with Crippen LogP contribution in [0.3, 0.4) is 0 Å². The normalized spacial score (nSPS) is 31.6. The third kappa shape index (κ3) is 3.34. The van der Waals surface area contributed by atoms with Gasteiger partial charge in [0.2, 0.25) is 5.60 Å². The summed E-state index contributed by atoms with van der Waals surface area (Å²) < 4.78 is 22.2. The van der Waals surface area contributed by atoms with Crippen LogP contribution >= 0.6 is 0 Å². The van der Waals surface area contributed by atoms with E-state index in [-0.39, 0.29) is 12.4 Å². The van der Waals surface area contributed by atoms with Crippen molar-refractivity contribution in [2.45, 2.75) is 36.4 Å². The first-order valence-electron chi connectivity index (χ1n) is 8.89. The van der Waals surface area contributed by atoms with Crippen LogP contribution in [0.15, 0.2) is 18.5 Å². The summed E-state index contributed by atoms with van der Waals surface area (Å²) in [6.45, 7) is 0.116. The molecule has 12 heteroatoms. The number of ether oxygens (including phenoxy) is 4. The Morgan fingerprint density at radius 3 is 3.03 bits per heavy atom. The largest absolute Gasteiger partial charge is 0.508 e. The average molecular weight is 405 g/mol. The Hall–Kier alpha value is -2.98. The second-order valence-electron chi connectivity index (χ2n) is 6.82. The summed E-state index contributed by atoms with van der Waals surface area (Å²) in [5.41, 5.74) is 4.64. The molecule has 5 atom stereocenters. The van der Waals surface area contributed by atoms with Crippen LogP contribution in [-0.2, 0) is 18.9 Å². The van der Waals surface area contributed by atoms with E-state index in [0.717, 1.165) is 0 Å². The third-order valence-electron chi connectivity index (χ3n) is 5.00. The van der Waals surface area contributed by atoms with Crippen molar-refractivity contribution < 1.29 is 34.0 Å². The third-order valence-corrected chi connectivity index (χ3v) is 5.00. The van der Waals surface area contributed by atoms with Gasteiger partial charge in [-0.05, 0) is 12.1 Å². The van der Waals surface area contributed by atoms with Gasteiger partial charge < -0.3 is 34.9 Å². The number of hydrogen-bond donors (Lipinski definition) is 3. The maximum atomic E-state index is 11.9. The summed E-state index contributed by atoms with van der Waals surface area (Å²) in [5, 5.41) is 34.7. The van der Waals surface area contributed by atoms with E-state index in [2.05, 4.69) is 10.1 Å². The predicted octanol–water partition coefficient (Wildman–Crippen LogP) is -0.691. The number of nitriles is 1. The number of hydrogen-bond acceptors (Lipinski definition) is 11. The van der Waals surface area contributed by atoms with Gasteiger partial charge in [-0.15, -0.1) is 0 Å². The summed E-state index contributed by atoms with van der Waals surface area (Å²) in [7, 11) is 0. The van der Waals surface area contributed by atoms with Crippen molar-refractivity contribution in [3.63, 3.8) is 0 Å². The lowest BCUT2D eigenvalue weighted by Crippen LogP contribution is -2.46. The fourth-order valence-electron chi connectivity index (χ4n) is 3.42. The predicted molar refractivity (Wildman–Crippen MR) is 93.2 cm³/mol. The number of nitrogens with zero attached hydrogens (tertiary/aromatic N) is 4. The van der Waals surface area contributed by atoms with E-state index in [0.29, 0.717) is 24.2 Å². The highest BCUT2D eigenvalue weighted by Crippen LogP contribution is 2.40. The van der Waals surface area contributed by atoms with Crippen molar-refractivity contribution in [1.29, 1.82) is 5.26 Å². The first kappa shape index (κ1) is 19.3. The monoisotopic (exact) mass is 405 g/mol. The first-order chi connectivity index (χ1) is 13.9. The molecule has 2 saturated heterocycles. The minimum absolute atomic E-state index is 0.216. The quantitative estimate of drug-likeness (QED) is 0.549. The second kappa shape index (κ2) is 7.45. The van der Waals surface area contributed by atoms with Crippen LogP contribution in [0, 0.1) is 11.3 Å². The molecule has 2 aliphatic rings. The van der Waals surface area contributed by atoms with Crippen LogP contribution in [0.4, 0.5) is 10.6 Å². The Labute approximate surface area is 164 Å². The number of anilines is 1. The van der Waals surface area contributed by atoms with Crippen LogP contribution in [-0.4, -0.2) is 74.7 Å². The smallest absolute Gasteiger partial charge is 0.430 e. The van der Waals surface area contributed by atoms with Gasteiger partial charge in [-0.2, -0.15) is 10.4 Å². The van der Waals surface area contributed by atoms with E-state index in [1.54, 1.807) is 18.2 Å². The van der Waals surface area contributed by atoms with Gasteiger partial charge in [0.25, 0.3) is 0 Å². The SMILES string of the molecule is N#C[C@]1(COC(=O)O[C@@H]2CCOC2)O[C@@H](c2ccc3c(N)ncnn23)[C@H](O)[C@@H]1O. The van der Waals surface area contributed by atoms with E-state index in [1.807, 2.05) is 0 Å². The van der Waals surface area contributed by atoms with Crippen molar-refractivity contribution >= 4 is 17.5 Å². The van der Waals surface area contributed by atoms with Crippen LogP contribution in [0.2, 0.25) is 0 Å². The van der Waals surface area contributed by atoms with E-state index in [4.69, 9.17) is 24.7 Å². The molecule has 4 rings (SSSR count). The molecular weight excluding hydrogens is 386 g/mol. The van der Waals surface area contributed by atoms with Crippen LogP contribution < -0.4 is 5.73 Å². The van der Waals surface area contributed by atoms with Gasteiger partial charge in [-0.3, -0.25) is 0 Å². The lowest BCUT2D eigenvalue weighted by Gasteiger charge is -2.24. The van der Waals surface area contributed by atoms with Gasteiger partial charge in [0.15, 0.2) is 5.82 Å². The molecule has 4 N–H and O–H groups in total. The molecule has 0 spiro atoms. The molecule has 0 radical (unpaired) electrons. The number of aliphatic hydroxyl groups excluding tert-OH is 2. The minimum atomic E-state index is -1.99. The fraction of sp³-hybridized carbons (Fsp3) is 0.529. The molecule has 2 aliphatic heterocycles. The van der Waals surface area contributed by atoms with E-state index >= 15 is 0 Å². The lowest BCUT2D eigenvalue weighted by molar-refractivity contribution is -0.0889. The van der Waals surface area contributed by atoms with Crippen molar-refractivity contribution in [2.24, 2.45) is 0 Å². The van der Waals surface area contributed by atoms with Crippen molar-refractivity contribution in [3.8, 4) is 6.07 Å². The number of rotatable bonds is 4. The maximum absolute atomic E-state index is 11.9. The number of aliphatic hydroxyl groups is 2. The molecule has 2 fully saturated rings. The van der Waals surface area contributed by atoms with Gasteiger partial charge in [0.1, 0.15) is 48.9 Å². The molecule has 2 aromatic rings. The topological polar surface area (TPSA) is 174 Å². The molecule has 2 aromatic heterocycles. The van der Waals surface area contributed by atoms with Crippen molar-refractivity contribution in [1.82, 2.24) is 14.6 Å². The Morgan fingerprint density at radius 1 is 1.48 bits per heavy atom. The van der Waals surface area contributed by atoms with E-state index in [9.17, 15) is 20.3 Å². The number of nitrogen functional groups attached to an aromatic ring is 1. The Bertz CT molecular complexity index is 953. The van der Waals surface area contributed by atoms with Crippen LogP contribution in [0.1, 0.15) is 18.2 Å². The number of nitrogens with two attached hydrogens (primary N) is 1. The Kier molecular flexibility index (Phi) is 4.97. The highest BCUT2D eigenvalue weighted by atomic mass is 16.7. The summed E-state index contributed by atoms with van der Waals surface area (Å²) >= 11 is 0. The Balaban J connectivity index is 1.51. The van der Waals surface area contributed by atoms with E-state index < -0.39 is 42.8 Å². The molecule has 4 heterocycles. The molecular formula is C17H19N5O7. The number of carbonyl (C=O) groups is 1. The highest BCUT2D eigenvalue weighted by Gasteiger charge is 2.57. The molecule has 0 unspecified atom stereocenters. The molecule has 0 bridgehead atoms. The molecule has 12 nitrogen and oxygen atoms in total. The van der Waals surface area contributed by atoms with Crippen LogP contribution in [0.25, 0.3) is 5.52 Å². The van der Waals surface area contributed by atoms with Crippen LogP contribution in [0.5, 0.6) is 0 Å². The zero-order valence-corrected chi connectivity index (χ0v) is 15.2. The molecule has 0 aliphatic carbocycles. The Morgan fingerprint density at radius 2 is 2.31 bits per heavy atom. The average Bonchev–Trinajstić information content (AvgIpc) is 3.42. The number of carbonyl (C=O) groups excluding carboxylic acids is 1. The summed E-state index contributed by atoms with van der Waals surface area (Å²) in [5.74, 6) is 0.216. The fourth-order valence-corrected chi connectivity index (χ4v) is 3.42. The summed E-state index contributed by atoms with van der Waals surface area (Å²) in [6.07, 6.45) is -3.92. The molecule has 0 amide bonds. The summed E-state index contributed by atoms with van der Waals surface area (Å²) in [6, 6.07) is 5.01. The molecule has 0 saturated carbocycles. The number of aromatic nitrogens is 3. The number of fused-ring (bicyclic) bond motifs is 1. The van der Waals surface area contributed by atoms with Gasteiger partial charge in [0, 0.05) is 6.42 Å². The second-order valence-corrected chi connectivity index (χ2v) is 6.82. The zero-order chi connectivity index (χ0) is 20.6. The van der Waals surface area contributed by atoms with Crippen molar-refractivity contribution in [2.75, 3.05) is 25.6 Å². The molecule has 29 heavy (non-hydrogen) atoms. The summed E-state index contributed by atoms with van der Waals surface area (Å²) in [4.78, 5) is 15.8. The standard InChI is InChI=1S/C17H19N5O7/c18-6-17(7-27-16(25)28-9-3-4-26-5-9)14(24)12(23)13(29-17)10-1-2-11-15(19)20-8-21-22(10)11/h1-2,8-9,12-14,23-24H,3-5,7H2,(H2,19,20,21)/t9-,12+,13+,14+,17-/m1/s1. The van der Waals surface area contributed by atoms with Crippen molar-refractivity contribution in [3.05, 3.63) is 24.2 Å².